The molecule has 1 unspecified atom stereocenters. The van der Waals surface area contributed by atoms with E-state index in [1.807, 2.05) is 0 Å². The summed E-state index contributed by atoms with van der Waals surface area (Å²) in [5.74, 6) is -0.591. The molecular formula is C13H18N2O4. The van der Waals surface area contributed by atoms with Gasteiger partial charge in [0.15, 0.2) is 0 Å². The van der Waals surface area contributed by atoms with Crippen LogP contribution in [0, 0.1) is 0 Å². The predicted molar refractivity (Wildman–Crippen MR) is 68.7 cm³/mol. The van der Waals surface area contributed by atoms with E-state index in [0.717, 1.165) is 5.56 Å². The highest BCUT2D eigenvalue weighted by atomic mass is 16.6. The summed E-state index contributed by atoms with van der Waals surface area (Å²) < 4.78 is 5.19. The van der Waals surface area contributed by atoms with Crippen molar-refractivity contribution in [3.63, 3.8) is 0 Å². The second kappa shape index (κ2) is 6.17. The first-order chi connectivity index (χ1) is 8.78. The monoisotopic (exact) mass is 266 g/mol. The van der Waals surface area contributed by atoms with Crippen LogP contribution in [0.2, 0.25) is 0 Å². The topological polar surface area (TPSA) is 88.5 Å². The third-order valence-electron chi connectivity index (χ3n) is 2.18. The van der Waals surface area contributed by atoms with E-state index in [1.165, 1.54) is 0 Å². The molecule has 1 amide bonds. The molecule has 104 valence electrons. The molecule has 0 radical (unpaired) electrons. The van der Waals surface area contributed by atoms with Gasteiger partial charge in [-0.2, -0.15) is 0 Å². The minimum absolute atomic E-state index is 0.226. The fourth-order valence-electron chi connectivity index (χ4n) is 1.47. The number of hydrogen-bond donors (Lipinski definition) is 2. The number of carboxylic acid groups (broad SMARTS) is 1. The van der Waals surface area contributed by atoms with Gasteiger partial charge in [-0.1, -0.05) is 0 Å². The normalized spacial score (nSPS) is 12.6. The van der Waals surface area contributed by atoms with E-state index < -0.39 is 23.7 Å². The molecule has 0 saturated heterocycles. The van der Waals surface area contributed by atoms with Crippen molar-refractivity contribution in [3.05, 3.63) is 30.1 Å². The van der Waals surface area contributed by atoms with Gasteiger partial charge in [0.1, 0.15) is 11.6 Å². The van der Waals surface area contributed by atoms with Crippen LogP contribution in [-0.4, -0.2) is 33.8 Å². The number of pyridine rings is 1. The molecule has 19 heavy (non-hydrogen) atoms. The van der Waals surface area contributed by atoms with Gasteiger partial charge in [0, 0.05) is 18.8 Å². The van der Waals surface area contributed by atoms with Gasteiger partial charge in [0.2, 0.25) is 0 Å². The number of ether oxygens (including phenoxy) is 1. The van der Waals surface area contributed by atoms with Crippen molar-refractivity contribution in [1.82, 2.24) is 10.3 Å². The number of esters is 1. The highest BCUT2D eigenvalue weighted by molar-refractivity contribution is 5.81. The molecule has 0 aliphatic heterocycles. The number of carbonyl (C=O) groups is 2. The number of nitrogens with one attached hydrogen (secondary N) is 1. The molecule has 0 fully saturated rings. The van der Waals surface area contributed by atoms with Gasteiger partial charge in [-0.05, 0) is 38.5 Å². The Labute approximate surface area is 111 Å². The lowest BCUT2D eigenvalue weighted by Crippen LogP contribution is -2.45. The third-order valence-corrected chi connectivity index (χ3v) is 2.18. The van der Waals surface area contributed by atoms with Crippen LogP contribution in [0.25, 0.3) is 0 Å². The van der Waals surface area contributed by atoms with Crippen LogP contribution >= 0.6 is 0 Å². The summed E-state index contributed by atoms with van der Waals surface area (Å²) in [5.41, 5.74) is 0.146. The maximum atomic E-state index is 11.9. The standard InChI is InChI=1S/C13H18N2O4/c1-13(2,3)19-11(16)10(15-12(17)18)8-9-4-6-14-7-5-9/h4-7,10,15H,8H2,1-3H3,(H,17,18). The van der Waals surface area contributed by atoms with Crippen LogP contribution in [0.15, 0.2) is 24.5 Å². The zero-order valence-corrected chi connectivity index (χ0v) is 11.2. The first-order valence-corrected chi connectivity index (χ1v) is 5.89. The van der Waals surface area contributed by atoms with Crippen LogP contribution in [-0.2, 0) is 16.0 Å². The lowest BCUT2D eigenvalue weighted by atomic mass is 10.1. The minimum atomic E-state index is -1.26. The zero-order valence-electron chi connectivity index (χ0n) is 11.2. The Morgan fingerprint density at radius 1 is 1.37 bits per heavy atom. The summed E-state index contributed by atoms with van der Waals surface area (Å²) >= 11 is 0. The molecule has 1 rings (SSSR count). The van der Waals surface area contributed by atoms with E-state index in [2.05, 4.69) is 10.3 Å². The quantitative estimate of drug-likeness (QED) is 0.808. The van der Waals surface area contributed by atoms with E-state index in [-0.39, 0.29) is 6.42 Å². The van der Waals surface area contributed by atoms with E-state index >= 15 is 0 Å². The number of amides is 1. The van der Waals surface area contributed by atoms with Crippen molar-refractivity contribution in [2.45, 2.75) is 38.8 Å². The van der Waals surface area contributed by atoms with Crippen molar-refractivity contribution in [2.75, 3.05) is 0 Å². The molecule has 0 saturated carbocycles. The Morgan fingerprint density at radius 3 is 2.42 bits per heavy atom. The van der Waals surface area contributed by atoms with Gasteiger partial charge in [0.25, 0.3) is 0 Å². The van der Waals surface area contributed by atoms with E-state index in [0.29, 0.717) is 0 Å². The molecule has 0 aliphatic carbocycles. The zero-order chi connectivity index (χ0) is 14.5. The number of carbonyl (C=O) groups excluding carboxylic acids is 1. The molecule has 1 aromatic rings. The SMILES string of the molecule is CC(C)(C)OC(=O)C(Cc1ccncc1)NC(=O)O. The summed E-state index contributed by atoms with van der Waals surface area (Å²) in [4.78, 5) is 26.5. The molecule has 0 aliphatic rings. The average Bonchev–Trinajstić information content (AvgIpc) is 2.26. The number of rotatable bonds is 4. The molecule has 2 N–H and O–H groups in total. The van der Waals surface area contributed by atoms with E-state index in [1.54, 1.807) is 45.3 Å². The molecule has 1 aromatic heterocycles. The Hall–Kier alpha value is -2.11. The summed E-state index contributed by atoms with van der Waals surface area (Å²) in [6, 6.07) is 2.51. The maximum Gasteiger partial charge on any atom is 0.405 e. The maximum absolute atomic E-state index is 11.9. The first kappa shape index (κ1) is 14.9. The fourth-order valence-corrected chi connectivity index (χ4v) is 1.47. The van der Waals surface area contributed by atoms with Gasteiger partial charge in [0.05, 0.1) is 0 Å². The molecule has 1 heterocycles. The van der Waals surface area contributed by atoms with Gasteiger partial charge >= 0.3 is 12.1 Å². The largest absolute Gasteiger partial charge is 0.465 e. The smallest absolute Gasteiger partial charge is 0.405 e. The molecule has 6 heteroatoms. The van der Waals surface area contributed by atoms with Crippen LogP contribution < -0.4 is 5.32 Å². The highest BCUT2D eigenvalue weighted by Gasteiger charge is 2.26. The summed E-state index contributed by atoms with van der Waals surface area (Å²) in [5, 5.41) is 11.0. The summed E-state index contributed by atoms with van der Waals surface area (Å²) in [6.07, 6.45) is 2.14. The number of hydrogen-bond acceptors (Lipinski definition) is 4. The van der Waals surface area contributed by atoms with Crippen molar-refractivity contribution in [1.29, 1.82) is 0 Å². The molecule has 0 bridgehead atoms. The second-order valence-corrected chi connectivity index (χ2v) is 5.10. The fraction of sp³-hybridized carbons (Fsp3) is 0.462. The molecular weight excluding hydrogens is 248 g/mol. The lowest BCUT2D eigenvalue weighted by molar-refractivity contribution is -0.157. The summed E-state index contributed by atoms with van der Waals surface area (Å²) in [7, 11) is 0. The van der Waals surface area contributed by atoms with E-state index in [9.17, 15) is 9.59 Å². The predicted octanol–water partition coefficient (Wildman–Crippen LogP) is 1.60. The highest BCUT2D eigenvalue weighted by Crippen LogP contribution is 2.11. The second-order valence-electron chi connectivity index (χ2n) is 5.10. The Morgan fingerprint density at radius 2 is 1.95 bits per heavy atom. The molecule has 1 atom stereocenters. The Kier molecular flexibility index (Phi) is 4.86. The van der Waals surface area contributed by atoms with Crippen LogP contribution in [0.3, 0.4) is 0 Å². The van der Waals surface area contributed by atoms with Crippen molar-refractivity contribution in [2.24, 2.45) is 0 Å². The summed E-state index contributed by atoms with van der Waals surface area (Å²) in [6.45, 7) is 5.19. The van der Waals surface area contributed by atoms with Crippen molar-refractivity contribution >= 4 is 12.1 Å². The van der Waals surface area contributed by atoms with Gasteiger partial charge in [-0.25, -0.2) is 9.59 Å². The minimum Gasteiger partial charge on any atom is -0.465 e. The lowest BCUT2D eigenvalue weighted by Gasteiger charge is -2.24. The van der Waals surface area contributed by atoms with Crippen LogP contribution in [0.1, 0.15) is 26.3 Å². The van der Waals surface area contributed by atoms with Crippen LogP contribution in [0.4, 0.5) is 4.79 Å². The average molecular weight is 266 g/mol. The van der Waals surface area contributed by atoms with Gasteiger partial charge in [-0.15, -0.1) is 0 Å². The molecule has 6 nitrogen and oxygen atoms in total. The third kappa shape index (κ3) is 5.85. The van der Waals surface area contributed by atoms with Gasteiger partial charge in [-0.3, -0.25) is 4.98 Å². The van der Waals surface area contributed by atoms with Gasteiger partial charge < -0.3 is 15.2 Å². The van der Waals surface area contributed by atoms with Crippen molar-refractivity contribution in [3.8, 4) is 0 Å². The Bertz CT molecular complexity index is 440. The van der Waals surface area contributed by atoms with E-state index in [4.69, 9.17) is 9.84 Å². The number of nitrogens with zero attached hydrogens (tertiary/aromatic N) is 1. The number of aromatic nitrogens is 1. The Balaban J connectivity index is 2.77. The first-order valence-electron chi connectivity index (χ1n) is 5.89. The van der Waals surface area contributed by atoms with Crippen molar-refractivity contribution < 1.29 is 19.4 Å². The molecule has 0 aromatic carbocycles. The molecule has 0 spiro atoms. The van der Waals surface area contributed by atoms with Crippen LogP contribution in [0.5, 0.6) is 0 Å².